The molecule has 4 aliphatic carbocycles. The van der Waals surface area contributed by atoms with Crippen molar-refractivity contribution in [2.75, 3.05) is 0 Å². The van der Waals surface area contributed by atoms with Gasteiger partial charge in [0.15, 0.2) is 19.7 Å². The topological polar surface area (TPSA) is 193 Å². The summed E-state index contributed by atoms with van der Waals surface area (Å²) in [5, 5.41) is 22.5. The van der Waals surface area contributed by atoms with Crippen LogP contribution in [0.4, 0.5) is 26.3 Å². The highest BCUT2D eigenvalue weighted by Gasteiger charge is 2.53. The molecule has 0 radical (unpaired) electrons. The molecule has 0 saturated heterocycles. The lowest BCUT2D eigenvalue weighted by Gasteiger charge is -2.21. The number of benzene rings is 4. The van der Waals surface area contributed by atoms with Crippen LogP contribution in [0.25, 0.3) is 0 Å². The third-order valence-corrected chi connectivity index (χ3v) is 17.8. The number of sulfone groups is 2. The van der Waals surface area contributed by atoms with Crippen LogP contribution in [-0.2, 0) is 64.3 Å². The van der Waals surface area contributed by atoms with Gasteiger partial charge >= 0.3 is 12.4 Å². The minimum Gasteiger partial charge on any atom is -0.373 e. The molecule has 2 amide bonds. The summed E-state index contributed by atoms with van der Waals surface area (Å²) in [5.41, 5.74) is -2.97. The molecular weight excluding hydrogens is 1010 g/mol. The van der Waals surface area contributed by atoms with Crippen LogP contribution in [0.15, 0.2) is 107 Å². The molecule has 0 aromatic heterocycles. The number of halogens is 8. The van der Waals surface area contributed by atoms with Gasteiger partial charge in [0.2, 0.25) is 11.8 Å². The van der Waals surface area contributed by atoms with Crippen molar-refractivity contribution in [2.45, 2.75) is 121 Å². The number of amides is 2. The molecule has 372 valence electrons. The average Bonchev–Trinajstić information content (AvgIpc) is 4.18. The molecule has 70 heavy (non-hydrogen) atoms. The molecule has 0 heterocycles. The third-order valence-electron chi connectivity index (χ3n) is 12.9. The summed E-state index contributed by atoms with van der Waals surface area (Å²) in [6, 6.07) is 25.6. The van der Waals surface area contributed by atoms with E-state index in [9.17, 15) is 63.3 Å². The Hall–Kier alpha value is -5.22. The molecular formula is C48H44Cl2F6N4O8S2. The molecule has 2 N–H and O–H groups in total. The standard InChI is InChI=1S/2C24H22ClF3N2O4S/c2*25-16-7-5-15(6-8-16)13-34-20-12-17(11-18(20)22(31)30-23(14-29)9-10-23)35(32,33)21-4-2-1-3-19(21)24(26,27)28/h2*1-8,17-18,20H,9-13H2,(H,30,31)/t2*17-,18-,20-/m10/s1. The van der Waals surface area contributed by atoms with Crippen molar-refractivity contribution in [1.29, 1.82) is 10.5 Å². The molecule has 4 saturated carbocycles. The molecule has 0 spiro atoms. The molecule has 4 aliphatic rings. The SMILES string of the molecule is N#CC1(NC(=O)[C@@H]2C[C@@H](S(=O)(=O)c3ccccc3C(F)(F)F)C[C@H]2OCc2ccc(Cl)cc2)CC1.N#CC1(NC(=O)[C@H]2C[C@H](S(=O)(=O)c3ccccc3C(F)(F)F)C[C@@H]2OCc2ccc(Cl)cc2)CC1. The van der Waals surface area contributed by atoms with E-state index >= 15 is 0 Å². The van der Waals surface area contributed by atoms with Gasteiger partial charge in [0, 0.05) is 10.0 Å². The van der Waals surface area contributed by atoms with E-state index in [1.807, 2.05) is 12.1 Å². The van der Waals surface area contributed by atoms with Crippen molar-refractivity contribution >= 4 is 54.7 Å². The first kappa shape index (κ1) is 52.6. The number of nitrogens with one attached hydrogen (secondary N) is 2. The van der Waals surface area contributed by atoms with Crippen molar-refractivity contribution < 1.29 is 62.2 Å². The van der Waals surface area contributed by atoms with Crippen molar-refractivity contribution in [3.05, 3.63) is 129 Å². The Bertz CT molecular complexity index is 2710. The quantitative estimate of drug-likeness (QED) is 0.115. The first-order valence-corrected chi connectivity index (χ1v) is 25.7. The van der Waals surface area contributed by atoms with Crippen molar-refractivity contribution in [3.63, 3.8) is 0 Å². The van der Waals surface area contributed by atoms with E-state index in [-0.39, 0.29) is 38.9 Å². The predicted molar refractivity (Wildman–Crippen MR) is 242 cm³/mol. The minimum absolute atomic E-state index is 0.0565. The number of alkyl halides is 6. The van der Waals surface area contributed by atoms with E-state index in [2.05, 4.69) is 10.6 Å². The van der Waals surface area contributed by atoms with Gasteiger partial charge in [0.25, 0.3) is 0 Å². The second kappa shape index (κ2) is 20.5. The lowest BCUT2D eigenvalue weighted by molar-refractivity contribution is -0.140. The molecule has 8 rings (SSSR count). The fraction of sp³-hybridized carbons (Fsp3) is 0.417. The first-order valence-electron chi connectivity index (χ1n) is 21.9. The molecule has 4 aromatic rings. The summed E-state index contributed by atoms with van der Waals surface area (Å²) in [7, 11) is -8.87. The van der Waals surface area contributed by atoms with Crippen LogP contribution in [0, 0.1) is 34.5 Å². The van der Waals surface area contributed by atoms with Gasteiger partial charge in [-0.15, -0.1) is 0 Å². The van der Waals surface area contributed by atoms with E-state index in [1.54, 1.807) is 48.5 Å². The van der Waals surface area contributed by atoms with Gasteiger partial charge in [-0.1, -0.05) is 71.7 Å². The molecule has 0 bridgehead atoms. The lowest BCUT2D eigenvalue weighted by atomic mass is 10.0. The van der Waals surface area contributed by atoms with E-state index in [1.165, 1.54) is 12.1 Å². The van der Waals surface area contributed by atoms with Crippen LogP contribution in [0.1, 0.15) is 73.6 Å². The Labute approximate surface area is 410 Å². The summed E-state index contributed by atoms with van der Waals surface area (Å²) < 4.78 is 146. The van der Waals surface area contributed by atoms with Gasteiger partial charge in [-0.25, -0.2) is 16.8 Å². The number of hydrogen-bond donors (Lipinski definition) is 2. The molecule has 22 heteroatoms. The van der Waals surface area contributed by atoms with Gasteiger partial charge in [-0.05, 0) is 111 Å². The van der Waals surface area contributed by atoms with E-state index in [0.29, 0.717) is 35.7 Å². The lowest BCUT2D eigenvalue weighted by Crippen LogP contribution is -2.42. The Morgan fingerprint density at radius 1 is 0.571 bits per heavy atom. The number of ether oxygens (including phenoxy) is 2. The largest absolute Gasteiger partial charge is 0.417 e. The monoisotopic (exact) mass is 1050 g/mol. The van der Waals surface area contributed by atoms with E-state index < -0.39 is 110 Å². The predicted octanol–water partition coefficient (Wildman–Crippen LogP) is 9.34. The number of nitriles is 2. The number of rotatable bonds is 14. The number of hydrogen-bond acceptors (Lipinski definition) is 10. The highest BCUT2D eigenvalue weighted by atomic mass is 35.5. The average molecular weight is 1050 g/mol. The Kier molecular flexibility index (Phi) is 15.4. The smallest absolute Gasteiger partial charge is 0.373 e. The van der Waals surface area contributed by atoms with Crippen LogP contribution in [-0.4, -0.2) is 62.4 Å². The second-order valence-electron chi connectivity index (χ2n) is 17.8. The van der Waals surface area contributed by atoms with Gasteiger partial charge in [-0.2, -0.15) is 36.9 Å². The zero-order valence-corrected chi connectivity index (χ0v) is 39.9. The number of carbonyl (C=O) groups excluding carboxylic acids is 2. The van der Waals surface area contributed by atoms with Gasteiger partial charge < -0.3 is 20.1 Å². The molecule has 4 fully saturated rings. The maximum Gasteiger partial charge on any atom is 0.417 e. The van der Waals surface area contributed by atoms with Crippen molar-refractivity contribution in [1.82, 2.24) is 10.6 Å². The van der Waals surface area contributed by atoms with Crippen molar-refractivity contribution in [2.24, 2.45) is 11.8 Å². The Balaban J connectivity index is 0.000000206. The first-order chi connectivity index (χ1) is 32.9. The summed E-state index contributed by atoms with van der Waals surface area (Å²) in [4.78, 5) is 24.4. The molecule has 0 unspecified atom stereocenters. The van der Waals surface area contributed by atoms with Crippen LogP contribution < -0.4 is 10.6 Å². The zero-order chi connectivity index (χ0) is 50.9. The number of carbonyl (C=O) groups is 2. The summed E-state index contributed by atoms with van der Waals surface area (Å²) in [6.07, 6.45) is -10.2. The van der Waals surface area contributed by atoms with Gasteiger partial charge in [0.05, 0.1) is 80.8 Å². The van der Waals surface area contributed by atoms with Crippen LogP contribution in [0.5, 0.6) is 0 Å². The fourth-order valence-electron chi connectivity index (χ4n) is 8.60. The van der Waals surface area contributed by atoms with Crippen molar-refractivity contribution in [3.8, 4) is 12.1 Å². The Morgan fingerprint density at radius 3 is 1.20 bits per heavy atom. The van der Waals surface area contributed by atoms with Crippen LogP contribution >= 0.6 is 23.2 Å². The maximum absolute atomic E-state index is 13.5. The third kappa shape index (κ3) is 12.1. The maximum atomic E-state index is 13.5. The second-order valence-corrected chi connectivity index (χ2v) is 23.1. The Morgan fingerprint density at radius 2 is 0.900 bits per heavy atom. The fourth-order valence-corrected chi connectivity index (χ4v) is 12.9. The minimum atomic E-state index is -4.85. The van der Waals surface area contributed by atoms with Crippen LogP contribution in [0.2, 0.25) is 10.0 Å². The normalized spacial score (nSPS) is 23.5. The molecule has 6 atom stereocenters. The van der Waals surface area contributed by atoms with Crippen LogP contribution in [0.3, 0.4) is 0 Å². The highest BCUT2D eigenvalue weighted by molar-refractivity contribution is 7.92. The molecule has 0 aliphatic heterocycles. The van der Waals surface area contributed by atoms with E-state index in [4.69, 9.17) is 32.7 Å². The van der Waals surface area contributed by atoms with Gasteiger partial charge in [-0.3, -0.25) is 9.59 Å². The molecule has 4 aromatic carbocycles. The molecule has 12 nitrogen and oxygen atoms in total. The zero-order valence-electron chi connectivity index (χ0n) is 36.8. The summed E-state index contributed by atoms with van der Waals surface area (Å²) >= 11 is 11.8. The van der Waals surface area contributed by atoms with Gasteiger partial charge in [0.1, 0.15) is 11.1 Å². The highest BCUT2D eigenvalue weighted by Crippen LogP contribution is 2.44. The number of nitrogens with zero attached hydrogens (tertiary/aromatic N) is 2. The summed E-state index contributed by atoms with van der Waals surface area (Å²) in [6.45, 7) is 0.113. The summed E-state index contributed by atoms with van der Waals surface area (Å²) in [5.74, 6) is -2.95. The van der Waals surface area contributed by atoms with E-state index in [0.717, 1.165) is 47.5 Å².